The lowest BCUT2D eigenvalue weighted by atomic mass is 10.1. The molecule has 0 N–H and O–H groups in total. The lowest BCUT2D eigenvalue weighted by Gasteiger charge is -2.32. The molecule has 0 radical (unpaired) electrons. The van der Waals surface area contributed by atoms with E-state index in [0.717, 1.165) is 11.0 Å². The first-order chi connectivity index (χ1) is 13.3. The van der Waals surface area contributed by atoms with E-state index in [1.807, 2.05) is 0 Å². The number of rotatable bonds is 3. The molecule has 2 aromatic rings. The zero-order valence-electron chi connectivity index (χ0n) is 16.1. The fraction of sp³-hybridized carbons (Fsp3) is 0.588. The van der Waals surface area contributed by atoms with Gasteiger partial charge in [-0.25, -0.2) is 0 Å². The van der Waals surface area contributed by atoms with Gasteiger partial charge in [-0.3, -0.25) is 14.5 Å². The molecule has 2 saturated heterocycles. The maximum atomic E-state index is 13.2. The van der Waals surface area contributed by atoms with Crippen LogP contribution in [0, 0.1) is 5.92 Å². The standard InChI is InChI=1S/C17H24N6O4S/c1-20(2)28(25,26)23-8-12-7-22(9-14(23)11-27-10-12)17(24)13-4-16-15(18-5-13)6-19-21(16)3/h4-6,12,14H,7-11H2,1-3H3/t12-,14-/m0/s1. The van der Waals surface area contributed by atoms with E-state index in [4.69, 9.17) is 4.74 Å². The van der Waals surface area contributed by atoms with Gasteiger partial charge in [0.05, 0.1) is 36.5 Å². The van der Waals surface area contributed by atoms with E-state index >= 15 is 0 Å². The van der Waals surface area contributed by atoms with E-state index in [0.29, 0.717) is 25.3 Å². The third-order valence-electron chi connectivity index (χ3n) is 5.31. The Morgan fingerprint density at radius 3 is 2.75 bits per heavy atom. The number of carbonyl (C=O) groups is 1. The molecule has 0 aliphatic carbocycles. The number of nitrogens with zero attached hydrogens (tertiary/aromatic N) is 6. The summed E-state index contributed by atoms with van der Waals surface area (Å²) < 4.78 is 35.5. The van der Waals surface area contributed by atoms with Crippen LogP contribution in [0.2, 0.25) is 0 Å². The highest BCUT2D eigenvalue weighted by Crippen LogP contribution is 2.25. The van der Waals surface area contributed by atoms with E-state index in [2.05, 4.69) is 10.1 Å². The van der Waals surface area contributed by atoms with Gasteiger partial charge in [-0.2, -0.15) is 22.1 Å². The van der Waals surface area contributed by atoms with Crippen molar-refractivity contribution >= 4 is 27.1 Å². The molecule has 4 rings (SSSR count). The number of pyridine rings is 1. The Balaban J connectivity index is 1.64. The highest BCUT2D eigenvalue weighted by atomic mass is 32.2. The molecule has 28 heavy (non-hydrogen) atoms. The second-order valence-corrected chi connectivity index (χ2v) is 9.62. The Bertz CT molecular complexity index is 1000. The summed E-state index contributed by atoms with van der Waals surface area (Å²) in [7, 11) is 1.24. The van der Waals surface area contributed by atoms with Gasteiger partial charge in [-0.1, -0.05) is 0 Å². The number of amides is 1. The highest BCUT2D eigenvalue weighted by Gasteiger charge is 2.41. The zero-order valence-corrected chi connectivity index (χ0v) is 17.0. The molecule has 2 aliphatic heterocycles. The molecule has 2 bridgehead atoms. The average molecular weight is 408 g/mol. The summed E-state index contributed by atoms with van der Waals surface area (Å²) in [6.07, 6.45) is 3.21. The Labute approximate surface area is 163 Å². The van der Waals surface area contributed by atoms with Gasteiger partial charge in [-0.05, 0) is 6.07 Å². The fourth-order valence-electron chi connectivity index (χ4n) is 3.79. The molecule has 2 fully saturated rings. The predicted octanol–water partition coefficient (Wildman–Crippen LogP) is -0.452. The van der Waals surface area contributed by atoms with Gasteiger partial charge in [0.25, 0.3) is 16.1 Å². The molecule has 2 atom stereocenters. The van der Waals surface area contributed by atoms with E-state index < -0.39 is 16.3 Å². The van der Waals surface area contributed by atoms with Gasteiger partial charge < -0.3 is 9.64 Å². The third-order valence-corrected chi connectivity index (χ3v) is 7.27. The normalized spacial score (nSPS) is 23.9. The smallest absolute Gasteiger partial charge is 0.281 e. The van der Waals surface area contributed by atoms with Gasteiger partial charge in [0.2, 0.25) is 0 Å². The number of fused-ring (bicyclic) bond motifs is 4. The Morgan fingerprint density at radius 2 is 2.00 bits per heavy atom. The quantitative estimate of drug-likeness (QED) is 0.682. The molecule has 0 saturated carbocycles. The first-order valence-electron chi connectivity index (χ1n) is 9.11. The minimum Gasteiger partial charge on any atom is -0.379 e. The van der Waals surface area contributed by atoms with Crippen molar-refractivity contribution in [2.45, 2.75) is 6.04 Å². The average Bonchev–Trinajstić information content (AvgIpc) is 2.82. The Morgan fingerprint density at radius 1 is 1.21 bits per heavy atom. The van der Waals surface area contributed by atoms with Gasteiger partial charge in [0.15, 0.2) is 0 Å². The molecule has 10 nitrogen and oxygen atoms in total. The third kappa shape index (κ3) is 3.28. The minimum absolute atomic E-state index is 0.0837. The first kappa shape index (κ1) is 19.2. The van der Waals surface area contributed by atoms with Gasteiger partial charge in [0, 0.05) is 52.9 Å². The van der Waals surface area contributed by atoms with Crippen molar-refractivity contribution in [1.29, 1.82) is 0 Å². The second kappa shape index (κ2) is 7.07. The van der Waals surface area contributed by atoms with Crippen LogP contribution in [0.4, 0.5) is 0 Å². The summed E-state index contributed by atoms with van der Waals surface area (Å²) in [4.78, 5) is 19.2. The SMILES string of the molecule is CN(C)S(=O)(=O)N1C[C@H]2COC[C@@H]1CN(C(=O)c1cnc3cnn(C)c3c1)C2. The molecule has 1 amide bonds. The number of hydrogen-bond donors (Lipinski definition) is 0. The molecular weight excluding hydrogens is 384 g/mol. The largest absolute Gasteiger partial charge is 0.379 e. The van der Waals surface area contributed by atoms with Crippen molar-refractivity contribution in [1.82, 2.24) is 28.3 Å². The van der Waals surface area contributed by atoms with Crippen LogP contribution in [0.25, 0.3) is 11.0 Å². The molecule has 4 heterocycles. The summed E-state index contributed by atoms with van der Waals surface area (Å²) >= 11 is 0. The van der Waals surface area contributed by atoms with Crippen molar-refractivity contribution in [3.05, 3.63) is 24.0 Å². The topological polar surface area (TPSA) is 101 Å². The lowest BCUT2D eigenvalue weighted by Crippen LogP contribution is -2.50. The molecule has 0 aromatic carbocycles. The lowest BCUT2D eigenvalue weighted by molar-refractivity contribution is 0.0458. The van der Waals surface area contributed by atoms with Crippen molar-refractivity contribution in [3.8, 4) is 0 Å². The monoisotopic (exact) mass is 408 g/mol. The summed E-state index contributed by atoms with van der Waals surface area (Å²) in [6, 6.07) is 1.36. The molecule has 152 valence electrons. The van der Waals surface area contributed by atoms with Crippen LogP contribution in [0.5, 0.6) is 0 Å². The summed E-state index contributed by atoms with van der Waals surface area (Å²) in [5.41, 5.74) is 1.98. The number of aromatic nitrogens is 3. The zero-order chi connectivity index (χ0) is 20.1. The molecule has 2 aliphatic rings. The highest BCUT2D eigenvalue weighted by molar-refractivity contribution is 7.86. The van der Waals surface area contributed by atoms with Crippen molar-refractivity contribution in [2.24, 2.45) is 13.0 Å². The molecule has 2 aromatic heterocycles. The molecule has 0 spiro atoms. The first-order valence-corrected chi connectivity index (χ1v) is 10.5. The minimum atomic E-state index is -3.59. The van der Waals surface area contributed by atoms with E-state index in [1.54, 1.807) is 35.1 Å². The van der Waals surface area contributed by atoms with Gasteiger partial charge >= 0.3 is 0 Å². The van der Waals surface area contributed by atoms with Crippen LogP contribution in [0.3, 0.4) is 0 Å². The Kier molecular flexibility index (Phi) is 4.86. The number of aryl methyl sites for hydroxylation is 1. The number of carbonyl (C=O) groups excluding carboxylic acids is 1. The van der Waals surface area contributed by atoms with Crippen LogP contribution in [0.1, 0.15) is 10.4 Å². The van der Waals surface area contributed by atoms with E-state index in [9.17, 15) is 13.2 Å². The van der Waals surface area contributed by atoms with Gasteiger partial charge in [-0.15, -0.1) is 0 Å². The van der Waals surface area contributed by atoms with Crippen LogP contribution < -0.4 is 0 Å². The van der Waals surface area contributed by atoms with Crippen LogP contribution in [0.15, 0.2) is 18.5 Å². The van der Waals surface area contributed by atoms with Crippen LogP contribution in [-0.2, 0) is 22.0 Å². The summed E-state index contributed by atoms with van der Waals surface area (Å²) in [6.45, 7) is 1.77. The van der Waals surface area contributed by atoms with Crippen LogP contribution in [-0.4, -0.2) is 95.6 Å². The second-order valence-electron chi connectivity index (χ2n) is 7.52. The summed E-state index contributed by atoms with van der Waals surface area (Å²) in [5, 5.41) is 4.16. The number of ether oxygens (including phenoxy) is 1. The van der Waals surface area contributed by atoms with Gasteiger partial charge in [0.1, 0.15) is 5.52 Å². The Hall–Kier alpha value is -2.08. The van der Waals surface area contributed by atoms with E-state index in [1.165, 1.54) is 22.7 Å². The van der Waals surface area contributed by atoms with Crippen LogP contribution >= 0.6 is 0 Å². The fourth-order valence-corrected chi connectivity index (χ4v) is 5.11. The van der Waals surface area contributed by atoms with Crippen molar-refractivity contribution in [2.75, 3.05) is 46.9 Å². The van der Waals surface area contributed by atoms with Crippen molar-refractivity contribution < 1.29 is 17.9 Å². The van der Waals surface area contributed by atoms with Crippen molar-refractivity contribution in [3.63, 3.8) is 0 Å². The molecule has 0 unspecified atom stereocenters. The molecular formula is C17H24N6O4S. The molecule has 11 heteroatoms. The maximum Gasteiger partial charge on any atom is 0.281 e. The van der Waals surface area contributed by atoms with E-state index in [-0.39, 0.29) is 25.0 Å². The maximum absolute atomic E-state index is 13.2. The number of hydrogen-bond acceptors (Lipinski definition) is 6. The predicted molar refractivity (Wildman–Crippen MR) is 102 cm³/mol. The summed E-state index contributed by atoms with van der Waals surface area (Å²) in [5.74, 6) is -0.240.